The molecule has 0 bridgehead atoms. The minimum Gasteiger partial charge on any atom is -0.447 e. The number of nitrogens with zero attached hydrogens (tertiary/aromatic N) is 1. The highest BCUT2D eigenvalue weighted by Gasteiger charge is 2.35. The number of benzene rings is 1. The first kappa shape index (κ1) is 16.3. The van der Waals surface area contributed by atoms with Gasteiger partial charge in [0.25, 0.3) is 0 Å². The Morgan fingerprint density at radius 3 is 2.55 bits per heavy atom. The number of hydrogen-bond acceptors (Lipinski definition) is 3. The molecule has 1 amide bonds. The molecule has 1 saturated heterocycles. The van der Waals surface area contributed by atoms with Gasteiger partial charge in [-0.3, -0.25) is 9.69 Å². The van der Waals surface area contributed by atoms with Crippen LogP contribution < -0.4 is 0 Å². The van der Waals surface area contributed by atoms with Gasteiger partial charge in [-0.15, -0.1) is 0 Å². The molecule has 1 fully saturated rings. The molecule has 1 aromatic carbocycles. The summed E-state index contributed by atoms with van der Waals surface area (Å²) in [5.41, 5.74) is 1.36. The molecule has 1 atom stereocenters. The second-order valence-electron chi connectivity index (χ2n) is 6.70. The van der Waals surface area contributed by atoms with Crippen molar-refractivity contribution < 1.29 is 14.3 Å². The lowest BCUT2D eigenvalue weighted by molar-refractivity contribution is -0.117. The van der Waals surface area contributed by atoms with E-state index in [1.165, 1.54) is 4.90 Å². The lowest BCUT2D eigenvalue weighted by Crippen LogP contribution is -2.40. The molecule has 1 aliphatic rings. The number of ether oxygens (including phenoxy) is 1. The van der Waals surface area contributed by atoms with Crippen LogP contribution in [0, 0.1) is 5.41 Å². The third-order valence-corrected chi connectivity index (χ3v) is 3.94. The summed E-state index contributed by atoms with van der Waals surface area (Å²) in [6.45, 7) is 10.1. The molecule has 4 heteroatoms. The molecule has 118 valence electrons. The van der Waals surface area contributed by atoms with Crippen molar-refractivity contribution in [3.63, 3.8) is 0 Å². The van der Waals surface area contributed by atoms with E-state index in [4.69, 9.17) is 4.74 Å². The predicted molar refractivity (Wildman–Crippen MR) is 85.6 cm³/mol. The van der Waals surface area contributed by atoms with Gasteiger partial charge < -0.3 is 4.74 Å². The van der Waals surface area contributed by atoms with Crippen molar-refractivity contribution in [2.45, 2.75) is 33.2 Å². The summed E-state index contributed by atoms with van der Waals surface area (Å²) in [6.07, 6.45) is 0.262. The zero-order valence-electron chi connectivity index (χ0n) is 13.5. The Kier molecular flexibility index (Phi) is 4.69. The second-order valence-corrected chi connectivity index (χ2v) is 6.70. The first-order chi connectivity index (χ1) is 10.3. The number of Topliss-reactive ketones (excluding diaryl/α,β-unsaturated/α-hetero) is 1. The highest BCUT2D eigenvalue weighted by molar-refractivity contribution is 5.98. The Hall–Kier alpha value is -2.10. The minimum absolute atomic E-state index is 0.0342. The molecule has 4 nitrogen and oxygen atoms in total. The van der Waals surface area contributed by atoms with Crippen LogP contribution >= 0.6 is 0 Å². The summed E-state index contributed by atoms with van der Waals surface area (Å²) in [6, 6.07) is 9.79. The zero-order valence-corrected chi connectivity index (χ0v) is 13.5. The van der Waals surface area contributed by atoms with Crippen LogP contribution in [0.2, 0.25) is 0 Å². The molecule has 0 N–H and O–H groups in total. The largest absolute Gasteiger partial charge is 0.447 e. The molecule has 0 saturated carbocycles. The average Bonchev–Trinajstić information content (AvgIpc) is 2.79. The monoisotopic (exact) mass is 301 g/mol. The molecule has 0 spiro atoms. The summed E-state index contributed by atoms with van der Waals surface area (Å²) >= 11 is 0. The number of cyclic esters (lactones) is 1. The number of carbonyl (C=O) groups excluding carboxylic acids is 2. The van der Waals surface area contributed by atoms with Crippen LogP contribution in [-0.4, -0.2) is 36.0 Å². The van der Waals surface area contributed by atoms with Crippen LogP contribution in [0.4, 0.5) is 4.79 Å². The zero-order chi connectivity index (χ0) is 16.3. The summed E-state index contributed by atoms with van der Waals surface area (Å²) in [4.78, 5) is 25.8. The van der Waals surface area contributed by atoms with Crippen molar-refractivity contribution in [3.05, 3.63) is 48.0 Å². The van der Waals surface area contributed by atoms with E-state index in [9.17, 15) is 9.59 Å². The third kappa shape index (κ3) is 3.75. The van der Waals surface area contributed by atoms with Gasteiger partial charge in [0.1, 0.15) is 6.61 Å². The Balaban J connectivity index is 2.05. The van der Waals surface area contributed by atoms with E-state index >= 15 is 0 Å². The first-order valence-electron chi connectivity index (χ1n) is 7.49. The predicted octanol–water partition coefficient (Wildman–Crippen LogP) is 3.22. The SMILES string of the molecule is C=C(C(=O)CN1C(=O)OCC1Cc1ccccc1)C(C)(C)C. The molecule has 1 aliphatic heterocycles. The highest BCUT2D eigenvalue weighted by Crippen LogP contribution is 2.25. The fourth-order valence-corrected chi connectivity index (χ4v) is 2.41. The lowest BCUT2D eigenvalue weighted by Gasteiger charge is -2.25. The van der Waals surface area contributed by atoms with E-state index in [0.717, 1.165) is 5.56 Å². The van der Waals surface area contributed by atoms with Gasteiger partial charge in [-0.05, 0) is 23.0 Å². The van der Waals surface area contributed by atoms with E-state index in [1.807, 2.05) is 51.1 Å². The smallest absolute Gasteiger partial charge is 0.410 e. The Labute approximate surface area is 131 Å². The molecule has 0 aromatic heterocycles. The lowest BCUT2D eigenvalue weighted by atomic mass is 9.85. The maximum atomic E-state index is 12.3. The van der Waals surface area contributed by atoms with Crippen molar-refractivity contribution >= 4 is 11.9 Å². The number of amides is 1. The van der Waals surface area contributed by atoms with Gasteiger partial charge in [-0.1, -0.05) is 57.7 Å². The maximum Gasteiger partial charge on any atom is 0.410 e. The van der Waals surface area contributed by atoms with Crippen LogP contribution in [0.3, 0.4) is 0 Å². The maximum absolute atomic E-state index is 12.3. The number of carbonyl (C=O) groups is 2. The van der Waals surface area contributed by atoms with E-state index in [1.54, 1.807) is 0 Å². The second kappa shape index (κ2) is 6.34. The van der Waals surface area contributed by atoms with Gasteiger partial charge >= 0.3 is 6.09 Å². The molecule has 22 heavy (non-hydrogen) atoms. The van der Waals surface area contributed by atoms with Crippen molar-refractivity contribution in [2.24, 2.45) is 5.41 Å². The van der Waals surface area contributed by atoms with Gasteiger partial charge in [0.05, 0.1) is 12.6 Å². The Morgan fingerprint density at radius 1 is 1.32 bits per heavy atom. The van der Waals surface area contributed by atoms with Crippen LogP contribution in [-0.2, 0) is 16.0 Å². The molecule has 0 aliphatic carbocycles. The fraction of sp³-hybridized carbons (Fsp3) is 0.444. The fourth-order valence-electron chi connectivity index (χ4n) is 2.41. The van der Waals surface area contributed by atoms with Gasteiger partial charge in [0.15, 0.2) is 5.78 Å². The van der Waals surface area contributed by atoms with Crippen LogP contribution in [0.5, 0.6) is 0 Å². The molecular weight excluding hydrogens is 278 g/mol. The Bertz CT molecular complexity index is 572. The summed E-state index contributed by atoms with van der Waals surface area (Å²) < 4.78 is 5.12. The molecule has 2 rings (SSSR count). The van der Waals surface area contributed by atoms with Crippen molar-refractivity contribution in [1.82, 2.24) is 4.90 Å². The molecule has 1 aromatic rings. The number of hydrogen-bond donors (Lipinski definition) is 0. The molecule has 1 unspecified atom stereocenters. The van der Waals surface area contributed by atoms with Crippen molar-refractivity contribution in [3.8, 4) is 0 Å². The van der Waals surface area contributed by atoms with Crippen LogP contribution in [0.25, 0.3) is 0 Å². The normalized spacial score (nSPS) is 18.2. The summed E-state index contributed by atoms with van der Waals surface area (Å²) in [7, 11) is 0. The molecule has 0 radical (unpaired) electrons. The van der Waals surface area contributed by atoms with Crippen molar-refractivity contribution in [2.75, 3.05) is 13.2 Å². The first-order valence-corrected chi connectivity index (χ1v) is 7.49. The van der Waals surface area contributed by atoms with E-state index < -0.39 is 6.09 Å². The van der Waals surface area contributed by atoms with Gasteiger partial charge in [0, 0.05) is 0 Å². The van der Waals surface area contributed by atoms with Gasteiger partial charge in [-0.2, -0.15) is 0 Å². The number of rotatable bonds is 5. The van der Waals surface area contributed by atoms with E-state index in [0.29, 0.717) is 18.6 Å². The number of ketones is 1. The standard InChI is InChI=1S/C18H23NO3/c1-13(18(2,3)4)16(20)11-19-15(12-22-17(19)21)10-14-8-6-5-7-9-14/h5-9,15H,1,10-12H2,2-4H3. The average molecular weight is 301 g/mol. The Morgan fingerprint density at radius 2 is 1.95 bits per heavy atom. The molecule has 1 heterocycles. The van der Waals surface area contributed by atoms with Gasteiger partial charge in [-0.25, -0.2) is 4.79 Å². The van der Waals surface area contributed by atoms with Crippen LogP contribution in [0.1, 0.15) is 26.3 Å². The van der Waals surface area contributed by atoms with E-state index in [-0.39, 0.29) is 23.8 Å². The van der Waals surface area contributed by atoms with Crippen LogP contribution in [0.15, 0.2) is 42.5 Å². The summed E-state index contributed by atoms with van der Waals surface area (Å²) in [5, 5.41) is 0. The summed E-state index contributed by atoms with van der Waals surface area (Å²) in [5.74, 6) is -0.107. The minimum atomic E-state index is -0.420. The quantitative estimate of drug-likeness (QED) is 0.785. The van der Waals surface area contributed by atoms with Gasteiger partial charge in [0.2, 0.25) is 0 Å². The van der Waals surface area contributed by atoms with E-state index in [2.05, 4.69) is 6.58 Å². The van der Waals surface area contributed by atoms with Crippen molar-refractivity contribution in [1.29, 1.82) is 0 Å². The third-order valence-electron chi connectivity index (χ3n) is 3.94. The topological polar surface area (TPSA) is 46.6 Å². The molecular formula is C18H23NO3. The highest BCUT2D eigenvalue weighted by atomic mass is 16.6.